The fourth-order valence-corrected chi connectivity index (χ4v) is 5.15. The summed E-state index contributed by atoms with van der Waals surface area (Å²) in [5, 5.41) is 17.7. The Balaban J connectivity index is 2.16. The standard InChI is InChI=1S/C27H42N2O2S/c1-9-32-25(17(2)3)21-14-12-20(13-15-21)18(4)23(28)24(30)22-11-10-16-29(22)26(31)19(5)27(6,7)8/h12-15,18-19,22,24,28,30H,9-11,16H2,1-8H3/p+1/t18-,19+,22-,24?/m0/s1. The highest BCUT2D eigenvalue weighted by Crippen LogP contribution is 2.33. The maximum Gasteiger partial charge on any atom is 0.226 e. The van der Waals surface area contributed by atoms with Crippen LogP contribution in [0.5, 0.6) is 0 Å². The van der Waals surface area contributed by atoms with Crippen LogP contribution in [0.4, 0.5) is 0 Å². The molecule has 0 aromatic heterocycles. The summed E-state index contributed by atoms with van der Waals surface area (Å²) >= 11 is 1.86. The number of carbonyl (C=O) groups excluding carboxylic acids is 1. The molecule has 1 heterocycles. The van der Waals surface area contributed by atoms with Gasteiger partial charge in [0.15, 0.2) is 11.8 Å². The molecule has 0 saturated carbocycles. The molecule has 1 unspecified atom stereocenters. The van der Waals surface area contributed by atoms with Crippen LogP contribution in [0, 0.1) is 11.3 Å². The number of carbonyl (C=O) groups is 1. The molecule has 0 aliphatic carbocycles. The van der Waals surface area contributed by atoms with Crippen molar-refractivity contribution in [2.75, 3.05) is 12.3 Å². The third-order valence-electron chi connectivity index (χ3n) is 6.87. The number of benzene rings is 1. The first-order chi connectivity index (χ1) is 14.9. The number of hydrogen-bond donors (Lipinski definition) is 2. The quantitative estimate of drug-likeness (QED) is 0.562. The molecule has 1 aromatic carbocycles. The van der Waals surface area contributed by atoms with E-state index in [1.807, 2.05) is 30.5 Å². The minimum Gasteiger partial charge on any atom is -0.380 e. The predicted molar refractivity (Wildman–Crippen MR) is 138 cm³/mol. The zero-order valence-electron chi connectivity index (χ0n) is 21.2. The monoisotopic (exact) mass is 459 g/mol. The Morgan fingerprint density at radius 1 is 1.22 bits per heavy atom. The van der Waals surface area contributed by atoms with Crippen molar-refractivity contribution in [2.24, 2.45) is 11.3 Å². The predicted octanol–water partition coefficient (Wildman–Crippen LogP) is 4.53. The highest BCUT2D eigenvalue weighted by molar-refractivity contribution is 8.08. The molecular weight excluding hydrogens is 416 g/mol. The molecule has 0 bridgehead atoms. The molecular formula is C27H43N2O2S+. The lowest BCUT2D eigenvalue weighted by Crippen LogP contribution is -2.57. The van der Waals surface area contributed by atoms with E-state index in [9.17, 15) is 9.90 Å². The molecule has 1 fully saturated rings. The molecule has 3 N–H and O–H groups in total. The Hall–Kier alpha value is -1.59. The second-order valence-corrected chi connectivity index (χ2v) is 11.7. The summed E-state index contributed by atoms with van der Waals surface area (Å²) in [5.41, 5.74) is 4.04. The molecule has 1 aliphatic rings. The van der Waals surface area contributed by atoms with Gasteiger partial charge < -0.3 is 10.0 Å². The van der Waals surface area contributed by atoms with Crippen LogP contribution in [-0.4, -0.2) is 46.1 Å². The third kappa shape index (κ3) is 6.05. The molecule has 1 aliphatic heterocycles. The summed E-state index contributed by atoms with van der Waals surface area (Å²) in [6.07, 6.45) is 0.863. The average molecular weight is 460 g/mol. The van der Waals surface area contributed by atoms with Crippen LogP contribution in [0.2, 0.25) is 0 Å². The van der Waals surface area contributed by atoms with Crippen molar-refractivity contribution >= 4 is 28.3 Å². The van der Waals surface area contributed by atoms with Gasteiger partial charge in [0.05, 0.1) is 12.0 Å². The third-order valence-corrected chi connectivity index (χ3v) is 8.09. The number of thioether (sulfide) groups is 1. The van der Waals surface area contributed by atoms with E-state index in [4.69, 9.17) is 5.41 Å². The lowest BCUT2D eigenvalue weighted by atomic mass is 9.81. The van der Waals surface area contributed by atoms with Crippen LogP contribution in [0.3, 0.4) is 0 Å². The van der Waals surface area contributed by atoms with E-state index >= 15 is 0 Å². The van der Waals surface area contributed by atoms with Crippen LogP contribution in [0.25, 0.3) is 4.91 Å². The Labute approximate surface area is 199 Å². The number of allylic oxidation sites excluding steroid dienone is 1. The average Bonchev–Trinajstić information content (AvgIpc) is 3.24. The molecule has 4 atom stereocenters. The van der Waals surface area contributed by atoms with E-state index in [2.05, 4.69) is 65.8 Å². The number of hydrogen-bond acceptors (Lipinski definition) is 3. The fraction of sp³-hybridized carbons (Fsp3) is 0.630. The summed E-state index contributed by atoms with van der Waals surface area (Å²) < 4.78 is 0. The van der Waals surface area contributed by atoms with Gasteiger partial charge in [0.2, 0.25) is 5.91 Å². The van der Waals surface area contributed by atoms with Crippen molar-refractivity contribution in [2.45, 2.75) is 86.3 Å². The topological polar surface area (TPSA) is 66.1 Å². The van der Waals surface area contributed by atoms with Gasteiger partial charge in [0.25, 0.3) is 0 Å². The minimum atomic E-state index is -0.827. The number of nitrogens with two attached hydrogens (primary N) is 1. The van der Waals surface area contributed by atoms with Crippen molar-refractivity contribution < 1.29 is 15.3 Å². The molecule has 1 aromatic rings. The summed E-state index contributed by atoms with van der Waals surface area (Å²) in [6.45, 7) is 17.4. The highest BCUT2D eigenvalue weighted by atomic mass is 32.2. The van der Waals surface area contributed by atoms with Gasteiger partial charge in [-0.2, -0.15) is 0 Å². The van der Waals surface area contributed by atoms with E-state index in [0.29, 0.717) is 12.3 Å². The fourth-order valence-electron chi connectivity index (χ4n) is 4.27. The van der Waals surface area contributed by atoms with E-state index < -0.39 is 6.10 Å². The van der Waals surface area contributed by atoms with Gasteiger partial charge in [0.1, 0.15) is 0 Å². The molecule has 4 nitrogen and oxygen atoms in total. The van der Waals surface area contributed by atoms with E-state index in [0.717, 1.165) is 24.2 Å². The van der Waals surface area contributed by atoms with Crippen LogP contribution in [0.15, 0.2) is 29.8 Å². The molecule has 2 rings (SSSR count). The minimum absolute atomic E-state index is 0.0920. The molecule has 32 heavy (non-hydrogen) atoms. The number of likely N-dealkylation sites (tertiary alicyclic amines) is 1. The van der Waals surface area contributed by atoms with E-state index in [1.165, 1.54) is 16.0 Å². The van der Waals surface area contributed by atoms with Gasteiger partial charge in [0, 0.05) is 17.4 Å². The number of amides is 1. The number of aliphatic hydroxyl groups is 1. The normalized spacial score (nSPS) is 19.4. The van der Waals surface area contributed by atoms with Crippen molar-refractivity contribution in [3.8, 4) is 0 Å². The first-order valence-corrected chi connectivity index (χ1v) is 12.9. The zero-order chi connectivity index (χ0) is 24.2. The maximum atomic E-state index is 13.1. The van der Waals surface area contributed by atoms with Crippen molar-refractivity contribution in [1.82, 2.24) is 4.90 Å². The van der Waals surface area contributed by atoms with E-state index in [-0.39, 0.29) is 29.2 Å². The molecule has 5 heteroatoms. The summed E-state index contributed by atoms with van der Waals surface area (Å²) in [7, 11) is 0. The maximum absolute atomic E-state index is 13.1. The highest BCUT2D eigenvalue weighted by Gasteiger charge is 2.42. The van der Waals surface area contributed by atoms with Gasteiger partial charge >= 0.3 is 0 Å². The Morgan fingerprint density at radius 3 is 2.31 bits per heavy atom. The summed E-state index contributed by atoms with van der Waals surface area (Å²) in [5.74, 6) is 0.958. The Bertz CT molecular complexity index is 834. The largest absolute Gasteiger partial charge is 0.380 e. The first-order valence-electron chi connectivity index (χ1n) is 11.9. The molecule has 1 amide bonds. The van der Waals surface area contributed by atoms with Crippen molar-refractivity contribution in [3.63, 3.8) is 0 Å². The second kappa shape index (κ2) is 11.0. The van der Waals surface area contributed by atoms with Crippen LogP contribution < -0.4 is 5.41 Å². The second-order valence-electron chi connectivity index (χ2n) is 10.4. The molecule has 178 valence electrons. The van der Waals surface area contributed by atoms with Crippen LogP contribution >= 0.6 is 11.8 Å². The number of rotatable bonds is 8. The SMILES string of the molecule is CCSC(=C(C)C)c1ccc([C@H](C)C(=[NH2+])C(O)[C@@H]2CCCN2C(=O)[C@@H](C)C(C)(C)C)cc1. The zero-order valence-corrected chi connectivity index (χ0v) is 22.1. The smallest absolute Gasteiger partial charge is 0.226 e. The van der Waals surface area contributed by atoms with Gasteiger partial charge in [-0.15, -0.1) is 11.8 Å². The molecule has 0 radical (unpaired) electrons. The first kappa shape index (κ1) is 26.7. The van der Waals surface area contributed by atoms with Crippen molar-refractivity contribution in [1.29, 1.82) is 0 Å². The van der Waals surface area contributed by atoms with Gasteiger partial charge in [-0.25, -0.2) is 0 Å². The summed E-state index contributed by atoms with van der Waals surface area (Å²) in [4.78, 5) is 16.3. The summed E-state index contributed by atoms with van der Waals surface area (Å²) in [6, 6.07) is 8.27. The Morgan fingerprint density at radius 2 is 1.81 bits per heavy atom. The van der Waals surface area contributed by atoms with Gasteiger partial charge in [-0.05, 0) is 55.9 Å². The lowest BCUT2D eigenvalue weighted by Gasteiger charge is -2.34. The van der Waals surface area contributed by atoms with Gasteiger partial charge in [-0.1, -0.05) is 64.5 Å². The molecule has 1 saturated heterocycles. The lowest BCUT2D eigenvalue weighted by molar-refractivity contribution is -0.144. The number of nitrogens with zero attached hydrogens (tertiary/aromatic N) is 1. The van der Waals surface area contributed by atoms with Crippen LogP contribution in [-0.2, 0) is 4.79 Å². The molecule has 0 spiro atoms. The van der Waals surface area contributed by atoms with Gasteiger partial charge in [-0.3, -0.25) is 10.2 Å². The van der Waals surface area contributed by atoms with Crippen LogP contribution in [0.1, 0.15) is 85.3 Å². The van der Waals surface area contributed by atoms with E-state index in [1.54, 1.807) is 0 Å². The van der Waals surface area contributed by atoms with Crippen molar-refractivity contribution in [3.05, 3.63) is 41.0 Å². The Kier molecular flexibility index (Phi) is 9.18. The number of aliphatic hydroxyl groups excluding tert-OH is 1.